The minimum absolute atomic E-state index is 0.0682. The normalized spacial score (nSPS) is 15.7. The van der Waals surface area contributed by atoms with E-state index < -0.39 is 15.1 Å². The van der Waals surface area contributed by atoms with E-state index in [0.29, 0.717) is 38.8 Å². The third-order valence-electron chi connectivity index (χ3n) is 5.05. The van der Waals surface area contributed by atoms with E-state index >= 15 is 0 Å². The van der Waals surface area contributed by atoms with Crippen LogP contribution in [0.25, 0.3) is 0 Å². The summed E-state index contributed by atoms with van der Waals surface area (Å²) in [6.45, 7) is 0.936. The van der Waals surface area contributed by atoms with Crippen molar-refractivity contribution in [3.63, 3.8) is 0 Å². The summed E-state index contributed by atoms with van der Waals surface area (Å²) >= 11 is 0. The molecule has 1 saturated heterocycles. The van der Waals surface area contributed by atoms with Gasteiger partial charge < -0.3 is 14.2 Å². The van der Waals surface area contributed by atoms with E-state index in [9.17, 15) is 13.2 Å². The lowest BCUT2D eigenvalue weighted by Gasteiger charge is -2.31. The molecule has 0 unspecified atom stereocenters. The molecule has 27 heavy (non-hydrogen) atoms. The number of methoxy groups -OCH3 is 1. The number of carbonyl (C=O) groups is 1. The van der Waals surface area contributed by atoms with Gasteiger partial charge in [-0.25, -0.2) is 13.4 Å². The number of carbonyl (C=O) groups excluding carboxylic acids is 1. The lowest BCUT2D eigenvalue weighted by atomic mass is 10.1. The zero-order chi connectivity index (χ0) is 19.4. The standard InChI is InChI=1S/C19H25N3O4S/c1-21-14-11-20-19(21)27(24,25)17-9-12-22(13-10-17)18(23)8-5-15-3-6-16(26-2)7-4-15/h3-4,6-7,11,14,17H,5,8-10,12-13H2,1-2H3. The van der Waals surface area contributed by atoms with E-state index in [4.69, 9.17) is 4.74 Å². The van der Waals surface area contributed by atoms with Crippen LogP contribution in [0.1, 0.15) is 24.8 Å². The van der Waals surface area contributed by atoms with Gasteiger partial charge in [0, 0.05) is 39.0 Å². The van der Waals surface area contributed by atoms with E-state index in [2.05, 4.69) is 4.98 Å². The molecule has 1 aromatic carbocycles. The number of piperidine rings is 1. The molecule has 3 rings (SSSR count). The zero-order valence-electron chi connectivity index (χ0n) is 15.7. The molecule has 1 fully saturated rings. The van der Waals surface area contributed by atoms with Gasteiger partial charge in [-0.2, -0.15) is 0 Å². The van der Waals surface area contributed by atoms with E-state index in [1.165, 1.54) is 10.8 Å². The average molecular weight is 391 g/mol. The number of benzene rings is 1. The molecule has 1 aromatic heterocycles. The first-order valence-corrected chi connectivity index (χ1v) is 10.6. The molecule has 0 aliphatic carbocycles. The topological polar surface area (TPSA) is 81.5 Å². The summed E-state index contributed by atoms with van der Waals surface area (Å²) in [6.07, 6.45) is 5.10. The Hall–Kier alpha value is -2.35. The number of ether oxygens (including phenoxy) is 1. The van der Waals surface area contributed by atoms with Crippen LogP contribution in [0.15, 0.2) is 41.8 Å². The Morgan fingerprint density at radius 2 is 1.89 bits per heavy atom. The summed E-state index contributed by atoms with van der Waals surface area (Å²) in [7, 11) is -0.159. The fourth-order valence-corrected chi connectivity index (χ4v) is 5.19. The fraction of sp³-hybridized carbons (Fsp3) is 0.474. The van der Waals surface area contributed by atoms with Crippen LogP contribution < -0.4 is 4.74 Å². The number of hydrogen-bond acceptors (Lipinski definition) is 5. The summed E-state index contributed by atoms with van der Waals surface area (Å²) < 4.78 is 32.1. The lowest BCUT2D eigenvalue weighted by Crippen LogP contribution is -2.43. The third kappa shape index (κ3) is 4.32. The van der Waals surface area contributed by atoms with Crippen LogP contribution in [-0.4, -0.2) is 54.2 Å². The maximum atomic E-state index is 12.7. The highest BCUT2D eigenvalue weighted by molar-refractivity contribution is 7.91. The SMILES string of the molecule is COc1ccc(CCC(=O)N2CCC(S(=O)(=O)c3nccn3C)CC2)cc1. The highest BCUT2D eigenvalue weighted by Gasteiger charge is 2.34. The van der Waals surface area contributed by atoms with E-state index in [1.807, 2.05) is 24.3 Å². The van der Waals surface area contributed by atoms with Crippen LogP contribution in [-0.2, 0) is 28.1 Å². The average Bonchev–Trinajstić information content (AvgIpc) is 3.13. The second-order valence-corrected chi connectivity index (χ2v) is 8.92. The van der Waals surface area contributed by atoms with Gasteiger partial charge in [0.2, 0.25) is 20.9 Å². The molecule has 7 nitrogen and oxygen atoms in total. The number of sulfone groups is 1. The summed E-state index contributed by atoms with van der Waals surface area (Å²) in [5.74, 6) is 0.861. The highest BCUT2D eigenvalue weighted by atomic mass is 32.2. The maximum Gasteiger partial charge on any atom is 0.227 e. The molecular weight excluding hydrogens is 366 g/mol. The Morgan fingerprint density at radius 3 is 2.44 bits per heavy atom. The number of likely N-dealkylation sites (tertiary alicyclic amines) is 1. The molecule has 0 radical (unpaired) electrons. The molecule has 0 N–H and O–H groups in total. The van der Waals surface area contributed by atoms with Gasteiger partial charge in [-0.3, -0.25) is 4.79 Å². The van der Waals surface area contributed by atoms with Crippen molar-refractivity contribution < 1.29 is 17.9 Å². The Morgan fingerprint density at radius 1 is 1.22 bits per heavy atom. The van der Waals surface area contributed by atoms with Crippen LogP contribution in [0.2, 0.25) is 0 Å². The number of rotatable bonds is 6. The third-order valence-corrected chi connectivity index (χ3v) is 7.30. The molecule has 1 aliphatic heterocycles. The predicted octanol–water partition coefficient (Wildman–Crippen LogP) is 1.83. The van der Waals surface area contributed by atoms with Crippen molar-refractivity contribution >= 4 is 15.7 Å². The van der Waals surface area contributed by atoms with Gasteiger partial charge in [-0.15, -0.1) is 0 Å². The minimum Gasteiger partial charge on any atom is -0.497 e. The molecule has 8 heteroatoms. The summed E-state index contributed by atoms with van der Waals surface area (Å²) in [5.41, 5.74) is 1.08. The van der Waals surface area contributed by atoms with Crippen molar-refractivity contribution in [2.75, 3.05) is 20.2 Å². The number of imidazole rings is 1. The molecule has 2 aromatic rings. The predicted molar refractivity (Wildman–Crippen MR) is 101 cm³/mol. The van der Waals surface area contributed by atoms with E-state index in [-0.39, 0.29) is 11.1 Å². The summed E-state index contributed by atoms with van der Waals surface area (Å²) in [6, 6.07) is 7.68. The first-order chi connectivity index (χ1) is 12.9. The molecule has 2 heterocycles. The van der Waals surface area contributed by atoms with Crippen LogP contribution in [0.5, 0.6) is 5.75 Å². The summed E-state index contributed by atoms with van der Waals surface area (Å²) in [5, 5.41) is -0.379. The minimum atomic E-state index is -3.46. The summed E-state index contributed by atoms with van der Waals surface area (Å²) in [4.78, 5) is 18.2. The van der Waals surface area contributed by atoms with Crippen LogP contribution >= 0.6 is 0 Å². The van der Waals surface area contributed by atoms with Crippen LogP contribution in [0.3, 0.4) is 0 Å². The van der Waals surface area contributed by atoms with E-state index in [1.54, 1.807) is 25.3 Å². The molecule has 1 aliphatic rings. The number of aryl methyl sites for hydroxylation is 2. The smallest absolute Gasteiger partial charge is 0.227 e. The van der Waals surface area contributed by atoms with Crippen molar-refractivity contribution in [1.29, 1.82) is 0 Å². The largest absolute Gasteiger partial charge is 0.497 e. The van der Waals surface area contributed by atoms with E-state index in [0.717, 1.165) is 11.3 Å². The van der Waals surface area contributed by atoms with Gasteiger partial charge in [0.05, 0.1) is 12.4 Å². The van der Waals surface area contributed by atoms with Crippen molar-refractivity contribution in [2.24, 2.45) is 7.05 Å². The molecule has 0 bridgehead atoms. The van der Waals surface area contributed by atoms with Gasteiger partial charge in [0.15, 0.2) is 0 Å². The Balaban J connectivity index is 1.52. The van der Waals surface area contributed by atoms with Gasteiger partial charge >= 0.3 is 0 Å². The molecular formula is C19H25N3O4S. The highest BCUT2D eigenvalue weighted by Crippen LogP contribution is 2.24. The Kier molecular flexibility index (Phi) is 5.84. The molecule has 0 saturated carbocycles. The van der Waals surface area contributed by atoms with Gasteiger partial charge in [0.25, 0.3) is 0 Å². The van der Waals surface area contributed by atoms with Crippen LogP contribution in [0.4, 0.5) is 0 Å². The zero-order valence-corrected chi connectivity index (χ0v) is 16.5. The number of hydrogen-bond donors (Lipinski definition) is 0. The van der Waals surface area contributed by atoms with Crippen molar-refractivity contribution in [3.05, 3.63) is 42.2 Å². The van der Waals surface area contributed by atoms with Crippen molar-refractivity contribution in [3.8, 4) is 5.75 Å². The first-order valence-electron chi connectivity index (χ1n) is 9.03. The van der Waals surface area contributed by atoms with Crippen molar-refractivity contribution in [1.82, 2.24) is 14.5 Å². The maximum absolute atomic E-state index is 12.7. The fourth-order valence-electron chi connectivity index (χ4n) is 3.39. The first kappa shape index (κ1) is 19.4. The van der Waals surface area contributed by atoms with Crippen molar-refractivity contribution in [2.45, 2.75) is 36.1 Å². The second kappa shape index (κ2) is 8.12. The molecule has 0 spiro atoms. The van der Waals surface area contributed by atoms with Gasteiger partial charge in [-0.1, -0.05) is 12.1 Å². The lowest BCUT2D eigenvalue weighted by molar-refractivity contribution is -0.132. The Labute approximate surface area is 159 Å². The van der Waals surface area contributed by atoms with Gasteiger partial charge in [-0.05, 0) is 37.0 Å². The number of amides is 1. The Bertz CT molecular complexity index is 882. The monoisotopic (exact) mass is 391 g/mol. The molecule has 146 valence electrons. The van der Waals surface area contributed by atoms with Gasteiger partial charge in [0.1, 0.15) is 5.75 Å². The number of nitrogens with zero attached hydrogens (tertiary/aromatic N) is 3. The molecule has 0 atom stereocenters. The second-order valence-electron chi connectivity index (χ2n) is 6.79. The van der Waals surface area contributed by atoms with Crippen LogP contribution in [0, 0.1) is 0 Å². The quantitative estimate of drug-likeness (QED) is 0.750. The molecule has 1 amide bonds. The number of aromatic nitrogens is 2.